The lowest BCUT2D eigenvalue weighted by molar-refractivity contribution is 1.07. The predicted octanol–water partition coefficient (Wildman–Crippen LogP) is 7.43. The molecule has 208 valence electrons. The van der Waals surface area contributed by atoms with Crippen LogP contribution >= 0.6 is 0 Å². The second kappa shape index (κ2) is 15.1. The molecule has 0 aliphatic heterocycles. The van der Waals surface area contributed by atoms with E-state index in [4.69, 9.17) is 0 Å². The number of nitrogens with zero attached hydrogens (tertiary/aromatic N) is 4. The van der Waals surface area contributed by atoms with Gasteiger partial charge in [0.1, 0.15) is 0 Å². The van der Waals surface area contributed by atoms with Crippen LogP contribution in [0.2, 0.25) is 0 Å². The minimum absolute atomic E-state index is 0.608. The maximum atomic E-state index is 4.53. The highest BCUT2D eigenvalue weighted by molar-refractivity contribution is 5.81. The van der Waals surface area contributed by atoms with Gasteiger partial charge in [-0.05, 0) is 71.8 Å². The molecule has 0 radical (unpaired) electrons. The van der Waals surface area contributed by atoms with E-state index < -0.39 is 0 Å². The molecule has 8 heteroatoms. The molecule has 4 N–H and O–H groups in total. The van der Waals surface area contributed by atoms with E-state index in [-0.39, 0.29) is 0 Å². The number of benzene rings is 2. The first kappa shape index (κ1) is 27.8. The van der Waals surface area contributed by atoms with Gasteiger partial charge in [-0.1, -0.05) is 36.4 Å². The number of rotatable bonds is 10. The molecule has 2 aromatic carbocycles. The highest BCUT2D eigenvalue weighted by Gasteiger charge is 2.00. The standard InChI is InChI=1S/2C17H16N4/c2*1-2-8-17(21-13-16-7-4-10-20-16)14(5-1)11-18-12-15-6-3-9-19-15/h2*1-10,12-13,19-20H,11H2. The molecule has 0 unspecified atom stereocenters. The Morgan fingerprint density at radius 3 is 1.12 bits per heavy atom. The Hall–Kier alpha value is -5.76. The van der Waals surface area contributed by atoms with E-state index in [0.29, 0.717) is 13.1 Å². The van der Waals surface area contributed by atoms with Crippen LogP contribution in [-0.4, -0.2) is 44.8 Å². The minimum atomic E-state index is 0.608. The van der Waals surface area contributed by atoms with Crippen molar-refractivity contribution in [3.63, 3.8) is 0 Å². The molecule has 0 spiro atoms. The summed E-state index contributed by atoms with van der Waals surface area (Å²) in [5, 5.41) is 0. The Morgan fingerprint density at radius 1 is 0.405 bits per heavy atom. The maximum Gasteiger partial charge on any atom is 0.0681 e. The first-order chi connectivity index (χ1) is 20.8. The van der Waals surface area contributed by atoms with E-state index in [2.05, 4.69) is 39.9 Å². The Balaban J connectivity index is 0.000000168. The van der Waals surface area contributed by atoms with Crippen LogP contribution in [-0.2, 0) is 13.1 Å². The highest BCUT2D eigenvalue weighted by atomic mass is 14.8. The molecule has 0 aliphatic carbocycles. The van der Waals surface area contributed by atoms with E-state index in [9.17, 15) is 0 Å². The third kappa shape index (κ3) is 8.62. The fourth-order valence-corrected chi connectivity index (χ4v) is 4.00. The Morgan fingerprint density at radius 2 is 0.762 bits per heavy atom. The fraction of sp³-hybridized carbons (Fsp3) is 0.0588. The lowest BCUT2D eigenvalue weighted by Crippen LogP contribution is -1.86. The molecule has 4 heterocycles. The Bertz CT molecular complexity index is 1570. The molecule has 0 fully saturated rings. The van der Waals surface area contributed by atoms with Crippen LogP contribution in [0.25, 0.3) is 0 Å². The molecule has 6 aromatic rings. The number of H-pyrrole nitrogens is 4. The first-order valence-corrected chi connectivity index (χ1v) is 13.6. The second-order valence-electron chi connectivity index (χ2n) is 9.22. The molecule has 6 rings (SSSR count). The van der Waals surface area contributed by atoms with Crippen molar-refractivity contribution in [1.82, 2.24) is 19.9 Å². The normalized spacial score (nSPS) is 11.6. The zero-order valence-electron chi connectivity index (χ0n) is 23.1. The molecule has 42 heavy (non-hydrogen) atoms. The van der Waals surface area contributed by atoms with Crippen molar-refractivity contribution in [2.24, 2.45) is 20.0 Å². The summed E-state index contributed by atoms with van der Waals surface area (Å²) in [5.41, 5.74) is 8.06. The van der Waals surface area contributed by atoms with Crippen LogP contribution in [0.1, 0.15) is 33.9 Å². The molecule has 8 nitrogen and oxygen atoms in total. The first-order valence-electron chi connectivity index (χ1n) is 13.6. The Labute approximate surface area is 244 Å². The zero-order chi connectivity index (χ0) is 28.7. The monoisotopic (exact) mass is 552 g/mol. The number of hydrogen-bond acceptors (Lipinski definition) is 4. The van der Waals surface area contributed by atoms with Crippen LogP contribution in [0.3, 0.4) is 0 Å². The summed E-state index contributed by atoms with van der Waals surface area (Å²) in [6, 6.07) is 31.8. The van der Waals surface area contributed by atoms with Gasteiger partial charge in [0.15, 0.2) is 0 Å². The number of aromatic nitrogens is 4. The van der Waals surface area contributed by atoms with E-state index in [1.807, 2.05) is 147 Å². The molecular weight excluding hydrogens is 520 g/mol. The van der Waals surface area contributed by atoms with Crippen LogP contribution in [0.15, 0.2) is 142 Å². The van der Waals surface area contributed by atoms with Crippen LogP contribution in [0.4, 0.5) is 11.4 Å². The fourth-order valence-electron chi connectivity index (χ4n) is 4.00. The van der Waals surface area contributed by atoms with Crippen molar-refractivity contribution in [3.05, 3.63) is 156 Å². The summed E-state index contributed by atoms with van der Waals surface area (Å²) < 4.78 is 0. The summed E-state index contributed by atoms with van der Waals surface area (Å²) in [4.78, 5) is 30.4. The van der Waals surface area contributed by atoms with E-state index in [1.54, 1.807) is 0 Å². The average Bonchev–Trinajstić information content (AvgIpc) is 3.86. The smallest absolute Gasteiger partial charge is 0.0681 e. The SMILES string of the molecule is C(=NCc1ccccc1N=Cc1ccc[nH]1)c1ccc[nH]1.C(=NCc1ccccc1N=Cc1ccc[nH]1)c1ccc[nH]1. The molecule has 0 saturated heterocycles. The molecule has 0 bridgehead atoms. The minimum Gasteiger partial charge on any atom is -0.360 e. The van der Waals surface area contributed by atoms with Gasteiger partial charge in [0.2, 0.25) is 0 Å². The van der Waals surface area contributed by atoms with Crippen molar-refractivity contribution in [2.45, 2.75) is 13.1 Å². The lowest BCUT2D eigenvalue weighted by atomic mass is 10.2. The van der Waals surface area contributed by atoms with Crippen molar-refractivity contribution >= 4 is 36.2 Å². The predicted molar refractivity (Wildman–Crippen MR) is 173 cm³/mol. The van der Waals surface area contributed by atoms with Gasteiger partial charge in [0.25, 0.3) is 0 Å². The number of nitrogens with one attached hydrogen (secondary N) is 4. The van der Waals surface area contributed by atoms with E-state index >= 15 is 0 Å². The summed E-state index contributed by atoms with van der Waals surface area (Å²) >= 11 is 0. The third-order valence-electron chi connectivity index (χ3n) is 6.14. The van der Waals surface area contributed by atoms with Crippen LogP contribution in [0.5, 0.6) is 0 Å². The number of aliphatic imine (C=N–C) groups is 4. The summed E-state index contributed by atoms with van der Waals surface area (Å²) in [6.07, 6.45) is 14.9. The molecule has 4 aromatic heterocycles. The van der Waals surface area contributed by atoms with Crippen molar-refractivity contribution in [3.8, 4) is 0 Å². The summed E-state index contributed by atoms with van der Waals surface area (Å²) in [6.45, 7) is 1.22. The van der Waals surface area contributed by atoms with Crippen molar-refractivity contribution < 1.29 is 0 Å². The molecule has 0 aliphatic rings. The number of aromatic amines is 4. The lowest BCUT2D eigenvalue weighted by Gasteiger charge is -2.01. The summed E-state index contributed by atoms with van der Waals surface area (Å²) in [7, 11) is 0. The number of para-hydroxylation sites is 2. The third-order valence-corrected chi connectivity index (χ3v) is 6.14. The van der Waals surface area contributed by atoms with Gasteiger partial charge in [-0.3, -0.25) is 20.0 Å². The topological polar surface area (TPSA) is 113 Å². The van der Waals surface area contributed by atoms with Gasteiger partial charge in [-0.2, -0.15) is 0 Å². The second-order valence-corrected chi connectivity index (χ2v) is 9.22. The Kier molecular flexibility index (Phi) is 10.0. The molecule has 0 amide bonds. The molecular formula is C34H32N8. The molecule has 0 atom stereocenters. The quantitative estimate of drug-likeness (QED) is 0.127. The molecule has 0 saturated carbocycles. The van der Waals surface area contributed by atoms with Gasteiger partial charge in [-0.25, -0.2) is 0 Å². The maximum absolute atomic E-state index is 4.53. The van der Waals surface area contributed by atoms with Crippen molar-refractivity contribution in [1.29, 1.82) is 0 Å². The summed E-state index contributed by atoms with van der Waals surface area (Å²) in [5.74, 6) is 0. The van der Waals surface area contributed by atoms with Gasteiger partial charge >= 0.3 is 0 Å². The van der Waals surface area contributed by atoms with Gasteiger partial charge in [-0.15, -0.1) is 0 Å². The van der Waals surface area contributed by atoms with Crippen LogP contribution < -0.4 is 0 Å². The van der Waals surface area contributed by atoms with Crippen molar-refractivity contribution in [2.75, 3.05) is 0 Å². The zero-order valence-corrected chi connectivity index (χ0v) is 23.1. The van der Waals surface area contributed by atoms with Gasteiger partial charge in [0.05, 0.1) is 59.7 Å². The highest BCUT2D eigenvalue weighted by Crippen LogP contribution is 2.20. The van der Waals surface area contributed by atoms with E-state index in [1.165, 1.54) is 0 Å². The van der Waals surface area contributed by atoms with E-state index in [0.717, 1.165) is 45.3 Å². The number of hydrogen-bond donors (Lipinski definition) is 4. The van der Waals surface area contributed by atoms with Gasteiger partial charge < -0.3 is 19.9 Å². The average molecular weight is 553 g/mol. The van der Waals surface area contributed by atoms with Crippen LogP contribution in [0, 0.1) is 0 Å². The van der Waals surface area contributed by atoms with Gasteiger partial charge in [0, 0.05) is 37.2 Å². The largest absolute Gasteiger partial charge is 0.360 e.